The van der Waals surface area contributed by atoms with Gasteiger partial charge in [0.1, 0.15) is 10.7 Å². The molecular formula is C18H23FN4O3S. The largest absolute Gasteiger partial charge is 0.332 e. The fourth-order valence-corrected chi connectivity index (χ4v) is 4.51. The highest BCUT2D eigenvalue weighted by Crippen LogP contribution is 2.25. The second kappa shape index (κ2) is 7.40. The van der Waals surface area contributed by atoms with Crippen LogP contribution in [0.15, 0.2) is 35.5 Å². The summed E-state index contributed by atoms with van der Waals surface area (Å²) in [4.78, 5) is 14.2. The Balaban J connectivity index is 1.91. The van der Waals surface area contributed by atoms with E-state index in [2.05, 4.69) is 5.10 Å². The van der Waals surface area contributed by atoms with E-state index in [0.29, 0.717) is 19.6 Å². The summed E-state index contributed by atoms with van der Waals surface area (Å²) in [5, 5.41) is 4.10. The summed E-state index contributed by atoms with van der Waals surface area (Å²) < 4.78 is 42.2. The molecule has 146 valence electrons. The standard InChI is InChI=1S/C18H23FN4O3S/c1-13(2)23(12-14-10-20-21(3)11-14)18(24)15-5-6-16(19)17(9-15)27(25,26)22-7-4-8-22/h5-6,9-11,13H,4,7-8,12H2,1-3H3. The van der Waals surface area contributed by atoms with Gasteiger partial charge in [-0.05, 0) is 38.5 Å². The predicted octanol–water partition coefficient (Wildman–Crippen LogP) is 2.00. The summed E-state index contributed by atoms with van der Waals surface area (Å²) in [7, 11) is -2.13. The molecule has 1 amide bonds. The van der Waals surface area contributed by atoms with Crippen molar-refractivity contribution in [3.8, 4) is 0 Å². The molecule has 3 rings (SSSR count). The summed E-state index contributed by atoms with van der Waals surface area (Å²) in [5.41, 5.74) is 1.00. The monoisotopic (exact) mass is 394 g/mol. The molecule has 0 radical (unpaired) electrons. The number of carbonyl (C=O) groups excluding carboxylic acids is 1. The number of benzene rings is 1. The number of hydrogen-bond acceptors (Lipinski definition) is 4. The molecule has 0 spiro atoms. The third-order valence-corrected chi connectivity index (χ3v) is 6.52. The van der Waals surface area contributed by atoms with Crippen molar-refractivity contribution in [3.05, 3.63) is 47.5 Å². The van der Waals surface area contributed by atoms with Crippen molar-refractivity contribution < 1.29 is 17.6 Å². The van der Waals surface area contributed by atoms with Crippen LogP contribution >= 0.6 is 0 Å². The van der Waals surface area contributed by atoms with Crippen LogP contribution in [-0.4, -0.2) is 52.4 Å². The van der Waals surface area contributed by atoms with Gasteiger partial charge in [-0.25, -0.2) is 12.8 Å². The minimum absolute atomic E-state index is 0.127. The van der Waals surface area contributed by atoms with E-state index < -0.39 is 20.7 Å². The third-order valence-electron chi connectivity index (χ3n) is 4.61. The van der Waals surface area contributed by atoms with Crippen molar-refractivity contribution >= 4 is 15.9 Å². The number of nitrogens with zero attached hydrogens (tertiary/aromatic N) is 4. The first kappa shape index (κ1) is 19.5. The van der Waals surface area contributed by atoms with Crippen molar-refractivity contribution in [2.45, 2.75) is 37.8 Å². The van der Waals surface area contributed by atoms with E-state index in [1.165, 1.54) is 10.4 Å². The topological polar surface area (TPSA) is 75.5 Å². The Morgan fingerprint density at radius 2 is 2.04 bits per heavy atom. The first-order valence-corrected chi connectivity index (χ1v) is 10.2. The molecule has 2 heterocycles. The first-order valence-electron chi connectivity index (χ1n) is 8.78. The van der Waals surface area contributed by atoms with Crippen LogP contribution in [0.25, 0.3) is 0 Å². The zero-order valence-electron chi connectivity index (χ0n) is 15.6. The number of sulfonamides is 1. The smallest absolute Gasteiger partial charge is 0.254 e. The molecule has 0 saturated carbocycles. The van der Waals surface area contributed by atoms with Crippen molar-refractivity contribution in [3.63, 3.8) is 0 Å². The number of aryl methyl sites for hydroxylation is 1. The minimum atomic E-state index is -3.92. The molecule has 1 aliphatic heterocycles. The Bertz CT molecular complexity index is 951. The predicted molar refractivity (Wildman–Crippen MR) is 98.0 cm³/mol. The summed E-state index contributed by atoms with van der Waals surface area (Å²) in [5.74, 6) is -1.20. The molecule has 1 saturated heterocycles. The van der Waals surface area contributed by atoms with Gasteiger partial charge in [0.05, 0.1) is 6.20 Å². The van der Waals surface area contributed by atoms with Crippen LogP contribution in [0.4, 0.5) is 4.39 Å². The molecule has 1 fully saturated rings. The Hall–Kier alpha value is -2.26. The van der Waals surface area contributed by atoms with E-state index in [1.807, 2.05) is 20.0 Å². The molecule has 0 unspecified atom stereocenters. The molecule has 2 aromatic rings. The van der Waals surface area contributed by atoms with Gasteiger partial charge in [0.25, 0.3) is 5.91 Å². The van der Waals surface area contributed by atoms with Gasteiger partial charge in [-0.15, -0.1) is 0 Å². The van der Waals surface area contributed by atoms with E-state index in [0.717, 1.165) is 24.1 Å². The Morgan fingerprint density at radius 1 is 1.33 bits per heavy atom. The van der Waals surface area contributed by atoms with E-state index in [9.17, 15) is 17.6 Å². The highest BCUT2D eigenvalue weighted by atomic mass is 32.2. The van der Waals surface area contributed by atoms with Crippen LogP contribution in [0.2, 0.25) is 0 Å². The highest BCUT2D eigenvalue weighted by Gasteiger charge is 2.32. The molecule has 7 nitrogen and oxygen atoms in total. The van der Waals surface area contributed by atoms with E-state index in [1.54, 1.807) is 22.8 Å². The number of aromatic nitrogens is 2. The molecular weight excluding hydrogens is 371 g/mol. The lowest BCUT2D eigenvalue weighted by Crippen LogP contribution is -2.42. The summed E-state index contributed by atoms with van der Waals surface area (Å²) in [6.07, 6.45) is 4.24. The fourth-order valence-electron chi connectivity index (χ4n) is 2.91. The lowest BCUT2D eigenvalue weighted by molar-refractivity contribution is 0.0690. The van der Waals surface area contributed by atoms with Gasteiger partial charge in [0, 0.05) is 50.0 Å². The molecule has 0 atom stereocenters. The van der Waals surface area contributed by atoms with Crippen molar-refractivity contribution in [1.82, 2.24) is 19.0 Å². The van der Waals surface area contributed by atoms with Crippen LogP contribution < -0.4 is 0 Å². The highest BCUT2D eigenvalue weighted by molar-refractivity contribution is 7.89. The Morgan fingerprint density at radius 3 is 2.56 bits per heavy atom. The minimum Gasteiger partial charge on any atom is -0.332 e. The Labute approximate surface area is 158 Å². The van der Waals surface area contributed by atoms with Crippen LogP contribution in [0.1, 0.15) is 36.2 Å². The van der Waals surface area contributed by atoms with Crippen LogP contribution in [0, 0.1) is 5.82 Å². The fraction of sp³-hybridized carbons (Fsp3) is 0.444. The number of hydrogen-bond donors (Lipinski definition) is 0. The van der Waals surface area contributed by atoms with Gasteiger partial charge in [-0.1, -0.05) is 0 Å². The zero-order chi connectivity index (χ0) is 19.8. The van der Waals surface area contributed by atoms with Gasteiger partial charge < -0.3 is 4.90 Å². The SMILES string of the molecule is CC(C)N(Cc1cnn(C)c1)C(=O)c1ccc(F)c(S(=O)(=O)N2CCC2)c1. The molecule has 0 bridgehead atoms. The maximum atomic E-state index is 14.2. The average Bonchev–Trinajstić information content (AvgIpc) is 2.95. The second-order valence-corrected chi connectivity index (χ2v) is 8.86. The molecule has 9 heteroatoms. The molecule has 0 aliphatic carbocycles. The summed E-state index contributed by atoms with van der Waals surface area (Å²) in [6.45, 7) is 4.82. The van der Waals surface area contributed by atoms with E-state index >= 15 is 0 Å². The van der Waals surface area contributed by atoms with Gasteiger partial charge in [-0.3, -0.25) is 9.48 Å². The average molecular weight is 394 g/mol. The summed E-state index contributed by atoms with van der Waals surface area (Å²) >= 11 is 0. The molecule has 0 N–H and O–H groups in total. The molecule has 1 aromatic carbocycles. The van der Waals surface area contributed by atoms with Gasteiger partial charge in [-0.2, -0.15) is 9.40 Å². The quantitative estimate of drug-likeness (QED) is 0.751. The van der Waals surface area contributed by atoms with Gasteiger partial charge in [0.2, 0.25) is 10.0 Å². The number of carbonyl (C=O) groups is 1. The van der Waals surface area contributed by atoms with Crippen LogP contribution in [0.3, 0.4) is 0 Å². The van der Waals surface area contributed by atoms with Crippen molar-refractivity contribution in [2.75, 3.05) is 13.1 Å². The maximum Gasteiger partial charge on any atom is 0.254 e. The van der Waals surface area contributed by atoms with Crippen molar-refractivity contribution in [2.24, 2.45) is 7.05 Å². The van der Waals surface area contributed by atoms with Crippen molar-refractivity contribution in [1.29, 1.82) is 0 Å². The van der Waals surface area contributed by atoms with Crippen LogP contribution in [-0.2, 0) is 23.6 Å². The number of halogens is 1. The second-order valence-electron chi connectivity index (χ2n) is 6.95. The summed E-state index contributed by atoms with van der Waals surface area (Å²) in [6, 6.07) is 3.39. The molecule has 1 aromatic heterocycles. The van der Waals surface area contributed by atoms with E-state index in [4.69, 9.17) is 0 Å². The van der Waals surface area contributed by atoms with Gasteiger partial charge in [0.15, 0.2) is 0 Å². The normalized spacial score (nSPS) is 15.0. The Kier molecular flexibility index (Phi) is 5.34. The molecule has 27 heavy (non-hydrogen) atoms. The zero-order valence-corrected chi connectivity index (χ0v) is 16.4. The lowest BCUT2D eigenvalue weighted by Gasteiger charge is -2.30. The van der Waals surface area contributed by atoms with Gasteiger partial charge >= 0.3 is 0 Å². The third kappa shape index (κ3) is 3.89. The lowest BCUT2D eigenvalue weighted by atomic mass is 10.1. The number of rotatable bonds is 6. The van der Waals surface area contributed by atoms with Crippen LogP contribution in [0.5, 0.6) is 0 Å². The first-order chi connectivity index (χ1) is 12.7. The van der Waals surface area contributed by atoms with E-state index in [-0.39, 0.29) is 17.5 Å². The maximum absolute atomic E-state index is 14.2. The molecule has 1 aliphatic rings. The number of amides is 1.